The Morgan fingerprint density at radius 1 is 1.12 bits per heavy atom. The molecular formula is C19H20N2O3. The van der Waals surface area contributed by atoms with Gasteiger partial charge in [0, 0.05) is 5.56 Å². The minimum absolute atomic E-state index is 0.208. The first-order valence-corrected chi connectivity index (χ1v) is 7.65. The van der Waals surface area contributed by atoms with E-state index in [9.17, 15) is 4.79 Å². The Bertz CT molecular complexity index is 735. The number of nitrogens with zero attached hydrogens (tertiary/aromatic N) is 1. The fourth-order valence-corrected chi connectivity index (χ4v) is 2.30. The van der Waals surface area contributed by atoms with Crippen LogP contribution in [0, 0.1) is 11.3 Å². The van der Waals surface area contributed by atoms with Crippen LogP contribution in [-0.4, -0.2) is 19.1 Å². The fraction of sp³-hybridized carbons (Fsp3) is 0.263. The normalized spacial score (nSPS) is 12.6. The molecule has 5 nitrogen and oxygen atoms in total. The third kappa shape index (κ3) is 4.26. The van der Waals surface area contributed by atoms with Gasteiger partial charge in [-0.1, -0.05) is 18.2 Å². The lowest BCUT2D eigenvalue weighted by Gasteiger charge is -2.20. The van der Waals surface area contributed by atoms with Crippen molar-refractivity contribution in [2.24, 2.45) is 0 Å². The summed E-state index contributed by atoms with van der Waals surface area (Å²) in [5.74, 6) is 1.05. The second kappa shape index (κ2) is 8.02. The minimum Gasteiger partial charge on any atom is -0.496 e. The topological polar surface area (TPSA) is 71.3 Å². The molecule has 2 atom stereocenters. The second-order valence-corrected chi connectivity index (χ2v) is 5.37. The van der Waals surface area contributed by atoms with Crippen molar-refractivity contribution in [2.45, 2.75) is 26.0 Å². The first-order chi connectivity index (χ1) is 11.5. The van der Waals surface area contributed by atoms with Crippen LogP contribution in [0.15, 0.2) is 48.5 Å². The Morgan fingerprint density at radius 3 is 2.42 bits per heavy atom. The molecule has 2 unspecified atom stereocenters. The molecule has 0 heterocycles. The van der Waals surface area contributed by atoms with Crippen molar-refractivity contribution in [1.29, 1.82) is 5.26 Å². The summed E-state index contributed by atoms with van der Waals surface area (Å²) in [6, 6.07) is 16.0. The number of carbonyl (C=O) groups excluding carboxylic acids is 1. The highest BCUT2D eigenvalue weighted by atomic mass is 16.5. The first kappa shape index (κ1) is 17.4. The van der Waals surface area contributed by atoms with Crippen LogP contribution >= 0.6 is 0 Å². The van der Waals surface area contributed by atoms with Crippen molar-refractivity contribution in [3.8, 4) is 17.6 Å². The molecule has 5 heteroatoms. The summed E-state index contributed by atoms with van der Waals surface area (Å²) in [5, 5.41) is 11.7. The van der Waals surface area contributed by atoms with Crippen molar-refractivity contribution in [2.75, 3.05) is 7.11 Å². The Balaban J connectivity index is 1.99. The third-order valence-electron chi connectivity index (χ3n) is 3.63. The molecule has 0 fully saturated rings. The molecule has 0 spiro atoms. The molecule has 0 aliphatic rings. The van der Waals surface area contributed by atoms with Gasteiger partial charge < -0.3 is 14.8 Å². The van der Waals surface area contributed by atoms with E-state index in [1.165, 1.54) is 0 Å². The van der Waals surface area contributed by atoms with Gasteiger partial charge in [0.05, 0.1) is 24.8 Å². The maximum Gasteiger partial charge on any atom is 0.261 e. The highest BCUT2D eigenvalue weighted by molar-refractivity contribution is 5.81. The summed E-state index contributed by atoms with van der Waals surface area (Å²) in [5.41, 5.74) is 1.45. The largest absolute Gasteiger partial charge is 0.496 e. The lowest BCUT2D eigenvalue weighted by Crippen LogP contribution is -2.37. The number of ether oxygens (including phenoxy) is 2. The van der Waals surface area contributed by atoms with E-state index >= 15 is 0 Å². The fourth-order valence-electron chi connectivity index (χ4n) is 2.30. The van der Waals surface area contributed by atoms with Crippen molar-refractivity contribution in [3.63, 3.8) is 0 Å². The summed E-state index contributed by atoms with van der Waals surface area (Å²) < 4.78 is 10.9. The van der Waals surface area contributed by atoms with Gasteiger partial charge in [-0.2, -0.15) is 5.26 Å². The number of rotatable bonds is 6. The van der Waals surface area contributed by atoms with Crippen LogP contribution in [0.1, 0.15) is 31.0 Å². The number of benzene rings is 2. The molecule has 0 radical (unpaired) electrons. The number of hydrogen-bond donors (Lipinski definition) is 1. The molecule has 2 aromatic carbocycles. The summed E-state index contributed by atoms with van der Waals surface area (Å²) in [7, 11) is 1.60. The van der Waals surface area contributed by atoms with E-state index in [1.807, 2.05) is 37.3 Å². The summed E-state index contributed by atoms with van der Waals surface area (Å²) >= 11 is 0. The summed E-state index contributed by atoms with van der Waals surface area (Å²) in [4.78, 5) is 12.3. The van der Waals surface area contributed by atoms with E-state index < -0.39 is 6.10 Å². The van der Waals surface area contributed by atoms with E-state index in [0.717, 1.165) is 11.3 Å². The highest BCUT2D eigenvalue weighted by Crippen LogP contribution is 2.24. The van der Waals surface area contributed by atoms with Crippen LogP contribution < -0.4 is 14.8 Å². The molecular weight excluding hydrogens is 304 g/mol. The molecule has 24 heavy (non-hydrogen) atoms. The van der Waals surface area contributed by atoms with Crippen molar-refractivity contribution >= 4 is 5.91 Å². The lowest BCUT2D eigenvalue weighted by atomic mass is 10.1. The van der Waals surface area contributed by atoms with Gasteiger partial charge >= 0.3 is 0 Å². The van der Waals surface area contributed by atoms with Crippen LogP contribution in [-0.2, 0) is 4.79 Å². The molecule has 0 saturated heterocycles. The average Bonchev–Trinajstić information content (AvgIpc) is 2.62. The van der Waals surface area contributed by atoms with E-state index in [4.69, 9.17) is 14.7 Å². The molecule has 0 aliphatic carbocycles. The van der Waals surface area contributed by atoms with Crippen molar-refractivity contribution in [3.05, 3.63) is 59.7 Å². The standard InChI is InChI=1S/C19H20N2O3/c1-13(17-6-4-5-7-18(17)23-3)21-19(22)14(2)24-16-10-8-15(12-20)9-11-16/h4-11,13-14H,1-3H3,(H,21,22). The van der Waals surface area contributed by atoms with E-state index in [1.54, 1.807) is 38.3 Å². The van der Waals surface area contributed by atoms with Gasteiger partial charge in [0.15, 0.2) is 6.10 Å². The molecule has 0 aromatic heterocycles. The Hall–Kier alpha value is -3.00. The van der Waals surface area contributed by atoms with Crippen LogP contribution in [0.5, 0.6) is 11.5 Å². The SMILES string of the molecule is COc1ccccc1C(C)NC(=O)C(C)Oc1ccc(C#N)cc1. The van der Waals surface area contributed by atoms with E-state index in [-0.39, 0.29) is 11.9 Å². The van der Waals surface area contributed by atoms with Gasteiger partial charge in [0.25, 0.3) is 5.91 Å². The maximum absolute atomic E-state index is 12.3. The van der Waals surface area contributed by atoms with Gasteiger partial charge in [-0.25, -0.2) is 0 Å². The zero-order chi connectivity index (χ0) is 17.5. The molecule has 2 rings (SSSR count). The highest BCUT2D eigenvalue weighted by Gasteiger charge is 2.19. The number of nitrogens with one attached hydrogen (secondary N) is 1. The van der Waals surface area contributed by atoms with Crippen LogP contribution in [0.2, 0.25) is 0 Å². The van der Waals surface area contributed by atoms with Crippen LogP contribution in [0.4, 0.5) is 0 Å². The molecule has 2 aromatic rings. The quantitative estimate of drug-likeness (QED) is 0.885. The molecule has 0 aliphatic heterocycles. The Kier molecular flexibility index (Phi) is 5.80. The van der Waals surface area contributed by atoms with E-state index in [0.29, 0.717) is 11.3 Å². The van der Waals surface area contributed by atoms with Crippen LogP contribution in [0.25, 0.3) is 0 Å². The average molecular weight is 324 g/mol. The summed E-state index contributed by atoms with van der Waals surface area (Å²) in [6.45, 7) is 3.58. The zero-order valence-electron chi connectivity index (χ0n) is 13.9. The van der Waals surface area contributed by atoms with Gasteiger partial charge in [-0.3, -0.25) is 4.79 Å². The number of amides is 1. The minimum atomic E-state index is -0.657. The predicted molar refractivity (Wildman–Crippen MR) is 90.8 cm³/mol. The smallest absolute Gasteiger partial charge is 0.261 e. The molecule has 1 amide bonds. The molecule has 1 N–H and O–H groups in total. The number of methoxy groups -OCH3 is 1. The zero-order valence-corrected chi connectivity index (χ0v) is 13.9. The van der Waals surface area contributed by atoms with Crippen molar-refractivity contribution < 1.29 is 14.3 Å². The molecule has 124 valence electrons. The number of para-hydroxylation sites is 1. The molecule has 0 saturated carbocycles. The van der Waals surface area contributed by atoms with E-state index in [2.05, 4.69) is 5.32 Å². The third-order valence-corrected chi connectivity index (χ3v) is 3.63. The number of nitriles is 1. The van der Waals surface area contributed by atoms with Gasteiger partial charge in [0.2, 0.25) is 0 Å². The first-order valence-electron chi connectivity index (χ1n) is 7.65. The van der Waals surface area contributed by atoms with Gasteiger partial charge in [-0.15, -0.1) is 0 Å². The molecule has 0 bridgehead atoms. The number of hydrogen-bond acceptors (Lipinski definition) is 4. The van der Waals surface area contributed by atoms with Crippen LogP contribution in [0.3, 0.4) is 0 Å². The van der Waals surface area contributed by atoms with Gasteiger partial charge in [0.1, 0.15) is 11.5 Å². The summed E-state index contributed by atoms with van der Waals surface area (Å²) in [6.07, 6.45) is -0.657. The maximum atomic E-state index is 12.3. The Morgan fingerprint density at radius 2 is 1.79 bits per heavy atom. The van der Waals surface area contributed by atoms with Crippen molar-refractivity contribution in [1.82, 2.24) is 5.32 Å². The number of carbonyl (C=O) groups is 1. The van der Waals surface area contributed by atoms with Gasteiger partial charge in [-0.05, 0) is 44.2 Å². The second-order valence-electron chi connectivity index (χ2n) is 5.37. The lowest BCUT2D eigenvalue weighted by molar-refractivity contribution is -0.127. The Labute approximate surface area is 141 Å². The monoisotopic (exact) mass is 324 g/mol. The predicted octanol–water partition coefficient (Wildman–Crippen LogP) is 3.21.